The van der Waals surface area contributed by atoms with Crippen LogP contribution in [-0.2, 0) is 13.0 Å². The molecule has 0 spiro atoms. The number of pyridine rings is 1. The number of para-hydroxylation sites is 1. The molecule has 1 atom stereocenters. The number of hydrogen-bond acceptors (Lipinski definition) is 3. The molecule has 1 aliphatic heterocycles. The zero-order valence-corrected chi connectivity index (χ0v) is 17.3. The molecule has 3 nitrogen and oxygen atoms in total. The van der Waals surface area contributed by atoms with Gasteiger partial charge in [0.2, 0.25) is 5.88 Å². The minimum Gasteiger partial charge on any atom is -0.468 e. The van der Waals surface area contributed by atoms with E-state index in [9.17, 15) is 0 Å². The SMILES string of the molecule is Cc1ccccc1CCN1Cc2cc3ccccc3nc2O[C@@H](c2ccccc2)C1. The van der Waals surface area contributed by atoms with Crippen LogP contribution in [0.3, 0.4) is 0 Å². The van der Waals surface area contributed by atoms with Crippen molar-refractivity contribution in [1.82, 2.24) is 9.88 Å². The molecule has 0 saturated carbocycles. The highest BCUT2D eigenvalue weighted by atomic mass is 16.5. The van der Waals surface area contributed by atoms with Crippen molar-refractivity contribution in [3.8, 4) is 5.88 Å². The normalized spacial score (nSPS) is 16.6. The topological polar surface area (TPSA) is 25.4 Å². The first-order valence-corrected chi connectivity index (χ1v) is 10.6. The number of nitrogens with zero attached hydrogens (tertiary/aromatic N) is 2. The molecular weight excluding hydrogens is 368 g/mol. The summed E-state index contributed by atoms with van der Waals surface area (Å²) in [6.07, 6.45) is 1.00. The van der Waals surface area contributed by atoms with Crippen molar-refractivity contribution < 1.29 is 4.74 Å². The molecule has 2 heterocycles. The van der Waals surface area contributed by atoms with Gasteiger partial charge in [-0.1, -0.05) is 72.8 Å². The molecule has 0 fully saturated rings. The Labute approximate surface area is 178 Å². The van der Waals surface area contributed by atoms with Gasteiger partial charge in [0.15, 0.2) is 0 Å². The van der Waals surface area contributed by atoms with Crippen molar-refractivity contribution in [2.45, 2.75) is 26.0 Å². The zero-order valence-electron chi connectivity index (χ0n) is 17.3. The Balaban J connectivity index is 1.48. The molecule has 3 heteroatoms. The van der Waals surface area contributed by atoms with Gasteiger partial charge in [-0.2, -0.15) is 0 Å². The second kappa shape index (κ2) is 8.29. The molecule has 1 aliphatic rings. The van der Waals surface area contributed by atoms with Gasteiger partial charge in [0.1, 0.15) is 6.10 Å². The van der Waals surface area contributed by atoms with E-state index >= 15 is 0 Å². The number of aryl methyl sites for hydroxylation is 1. The lowest BCUT2D eigenvalue weighted by molar-refractivity contribution is 0.145. The van der Waals surface area contributed by atoms with Crippen molar-refractivity contribution in [2.75, 3.05) is 13.1 Å². The molecule has 0 radical (unpaired) electrons. The van der Waals surface area contributed by atoms with Crippen molar-refractivity contribution in [3.05, 3.63) is 107 Å². The Morgan fingerprint density at radius 1 is 0.933 bits per heavy atom. The predicted octanol–water partition coefficient (Wildman–Crippen LogP) is 5.72. The molecule has 0 unspecified atom stereocenters. The molecule has 0 aliphatic carbocycles. The lowest BCUT2D eigenvalue weighted by atomic mass is 10.0. The van der Waals surface area contributed by atoms with Gasteiger partial charge >= 0.3 is 0 Å². The highest BCUT2D eigenvalue weighted by Crippen LogP contribution is 2.32. The number of hydrogen-bond donors (Lipinski definition) is 0. The molecule has 0 saturated heterocycles. The van der Waals surface area contributed by atoms with Gasteiger partial charge in [0.25, 0.3) is 0 Å². The average Bonchev–Trinajstić information content (AvgIpc) is 2.96. The highest BCUT2D eigenvalue weighted by molar-refractivity contribution is 5.80. The number of rotatable bonds is 4. The first-order chi connectivity index (χ1) is 14.8. The van der Waals surface area contributed by atoms with Crippen LogP contribution in [0.1, 0.15) is 28.4 Å². The Morgan fingerprint density at radius 3 is 2.57 bits per heavy atom. The molecule has 0 amide bonds. The van der Waals surface area contributed by atoms with Gasteiger partial charge in [-0.15, -0.1) is 0 Å². The third-order valence-electron chi connectivity index (χ3n) is 5.97. The summed E-state index contributed by atoms with van der Waals surface area (Å²) in [4.78, 5) is 7.38. The Hall–Kier alpha value is -3.17. The number of aromatic nitrogens is 1. The van der Waals surface area contributed by atoms with E-state index in [1.165, 1.54) is 16.7 Å². The van der Waals surface area contributed by atoms with Crippen LogP contribution in [-0.4, -0.2) is 23.0 Å². The van der Waals surface area contributed by atoms with Crippen LogP contribution >= 0.6 is 0 Å². The lowest BCUT2D eigenvalue weighted by Crippen LogP contribution is -2.30. The predicted molar refractivity (Wildman–Crippen MR) is 122 cm³/mol. The maximum atomic E-state index is 6.50. The largest absolute Gasteiger partial charge is 0.468 e. The second-order valence-electron chi connectivity index (χ2n) is 8.07. The van der Waals surface area contributed by atoms with Crippen LogP contribution in [0.15, 0.2) is 84.9 Å². The molecule has 1 aromatic heterocycles. The summed E-state index contributed by atoms with van der Waals surface area (Å²) in [5.41, 5.74) is 6.11. The van der Waals surface area contributed by atoms with Crippen molar-refractivity contribution >= 4 is 10.9 Å². The van der Waals surface area contributed by atoms with Crippen LogP contribution in [0, 0.1) is 6.92 Å². The molecule has 0 bridgehead atoms. The maximum Gasteiger partial charge on any atom is 0.219 e. The van der Waals surface area contributed by atoms with Crippen molar-refractivity contribution in [2.24, 2.45) is 0 Å². The smallest absolute Gasteiger partial charge is 0.219 e. The average molecular weight is 395 g/mol. The first-order valence-electron chi connectivity index (χ1n) is 10.6. The quantitative estimate of drug-likeness (QED) is 0.442. The van der Waals surface area contributed by atoms with Crippen LogP contribution in [0.2, 0.25) is 0 Å². The molecular formula is C27H26N2O. The summed E-state index contributed by atoms with van der Waals surface area (Å²) < 4.78 is 6.50. The van der Waals surface area contributed by atoms with Gasteiger partial charge in [0, 0.05) is 30.6 Å². The highest BCUT2D eigenvalue weighted by Gasteiger charge is 2.25. The molecule has 4 aromatic rings. The minimum atomic E-state index is -0.0296. The van der Waals surface area contributed by atoms with Gasteiger partial charge in [-0.25, -0.2) is 4.98 Å². The van der Waals surface area contributed by atoms with Crippen molar-refractivity contribution in [1.29, 1.82) is 0 Å². The molecule has 0 N–H and O–H groups in total. The first kappa shape index (κ1) is 18.8. The molecule has 5 rings (SSSR count). The van der Waals surface area contributed by atoms with E-state index in [1.54, 1.807) is 0 Å². The molecule has 30 heavy (non-hydrogen) atoms. The van der Waals surface area contributed by atoms with E-state index in [0.29, 0.717) is 0 Å². The zero-order chi connectivity index (χ0) is 20.3. The minimum absolute atomic E-state index is 0.0296. The number of benzene rings is 3. The fourth-order valence-corrected chi connectivity index (χ4v) is 4.25. The third kappa shape index (κ3) is 3.94. The summed E-state index contributed by atoms with van der Waals surface area (Å²) in [6, 6.07) is 29.7. The Morgan fingerprint density at radius 2 is 1.70 bits per heavy atom. The van der Waals surface area contributed by atoms with Gasteiger partial charge in [-0.05, 0) is 42.2 Å². The van der Waals surface area contributed by atoms with Gasteiger partial charge in [-0.3, -0.25) is 4.90 Å². The molecule has 3 aromatic carbocycles. The standard InChI is InChI=1S/C27H26N2O/c1-20-9-5-6-10-21(20)15-16-29-18-24-17-23-13-7-8-14-25(23)28-27(24)30-26(19-29)22-11-3-2-4-12-22/h2-14,17,26H,15-16,18-19H2,1H3/t26-/m1/s1. The fraction of sp³-hybridized carbons (Fsp3) is 0.222. The van der Waals surface area contributed by atoms with E-state index in [1.807, 2.05) is 6.07 Å². The summed E-state index contributed by atoms with van der Waals surface area (Å²) in [5.74, 6) is 0.765. The van der Waals surface area contributed by atoms with Crippen LogP contribution < -0.4 is 4.74 Å². The van der Waals surface area contributed by atoms with Crippen molar-refractivity contribution in [3.63, 3.8) is 0 Å². The van der Waals surface area contributed by atoms with Gasteiger partial charge < -0.3 is 4.74 Å². The van der Waals surface area contributed by atoms with E-state index in [0.717, 1.165) is 48.4 Å². The Kier molecular flexibility index (Phi) is 5.20. The van der Waals surface area contributed by atoms with E-state index in [2.05, 4.69) is 90.7 Å². The maximum absolute atomic E-state index is 6.50. The van der Waals surface area contributed by atoms with E-state index in [4.69, 9.17) is 9.72 Å². The summed E-state index contributed by atoms with van der Waals surface area (Å²) >= 11 is 0. The molecule has 150 valence electrons. The third-order valence-corrected chi connectivity index (χ3v) is 5.97. The summed E-state index contributed by atoms with van der Waals surface area (Å²) in [5, 5.41) is 1.16. The summed E-state index contributed by atoms with van der Waals surface area (Å²) in [6.45, 7) is 4.88. The fourth-order valence-electron chi connectivity index (χ4n) is 4.25. The van der Waals surface area contributed by atoms with Gasteiger partial charge in [0.05, 0.1) is 5.52 Å². The van der Waals surface area contributed by atoms with Crippen LogP contribution in [0.25, 0.3) is 10.9 Å². The van der Waals surface area contributed by atoms with Crippen LogP contribution in [0.4, 0.5) is 0 Å². The van der Waals surface area contributed by atoms with Crippen LogP contribution in [0.5, 0.6) is 5.88 Å². The monoisotopic (exact) mass is 394 g/mol. The number of ether oxygens (including phenoxy) is 1. The Bertz CT molecular complexity index is 1160. The van der Waals surface area contributed by atoms with E-state index < -0.39 is 0 Å². The number of fused-ring (bicyclic) bond motifs is 2. The summed E-state index contributed by atoms with van der Waals surface area (Å²) in [7, 11) is 0. The second-order valence-corrected chi connectivity index (χ2v) is 8.07. The lowest BCUT2D eigenvalue weighted by Gasteiger charge is -2.24. The van der Waals surface area contributed by atoms with E-state index in [-0.39, 0.29) is 6.10 Å².